The Labute approximate surface area is 165 Å². The van der Waals surface area contributed by atoms with Crippen LogP contribution in [0.3, 0.4) is 0 Å². The van der Waals surface area contributed by atoms with E-state index in [-0.39, 0.29) is 24.4 Å². The summed E-state index contributed by atoms with van der Waals surface area (Å²) in [6, 6.07) is 1.24. The standard InChI is InChI=1S/C20H30N4O4/c1-5-19(3,4)14-6-8-20(9-7-14)17(26)24(18(27)22-20)12-16(25)21-11-15-10-13(2)28-23-15/h10,14H,5-9,11-12H2,1-4H3,(H,21,25)(H,22,27). The largest absolute Gasteiger partial charge is 0.361 e. The first-order chi connectivity index (χ1) is 13.2. The summed E-state index contributed by atoms with van der Waals surface area (Å²) in [5.74, 6) is 0.512. The number of urea groups is 1. The average Bonchev–Trinajstić information content (AvgIpc) is 3.17. The molecular weight excluding hydrogens is 360 g/mol. The predicted molar refractivity (Wildman–Crippen MR) is 102 cm³/mol. The number of aromatic nitrogens is 1. The molecule has 2 fully saturated rings. The second kappa shape index (κ2) is 7.56. The number of hydrogen-bond donors (Lipinski definition) is 2. The Balaban J connectivity index is 1.57. The Hall–Kier alpha value is -2.38. The Bertz CT molecular complexity index is 762. The van der Waals surface area contributed by atoms with Gasteiger partial charge in [0.2, 0.25) is 5.91 Å². The lowest BCUT2D eigenvalue weighted by Crippen LogP contribution is -2.51. The molecule has 2 aliphatic rings. The minimum Gasteiger partial charge on any atom is -0.361 e. The van der Waals surface area contributed by atoms with Gasteiger partial charge in [-0.25, -0.2) is 4.79 Å². The quantitative estimate of drug-likeness (QED) is 0.726. The summed E-state index contributed by atoms with van der Waals surface area (Å²) in [4.78, 5) is 38.6. The van der Waals surface area contributed by atoms with Crippen molar-refractivity contribution in [2.24, 2.45) is 11.3 Å². The van der Waals surface area contributed by atoms with E-state index in [9.17, 15) is 14.4 Å². The lowest BCUT2D eigenvalue weighted by atomic mass is 9.65. The van der Waals surface area contributed by atoms with E-state index < -0.39 is 17.5 Å². The van der Waals surface area contributed by atoms with Crippen LogP contribution < -0.4 is 10.6 Å². The maximum Gasteiger partial charge on any atom is 0.325 e. The molecule has 1 spiro atoms. The smallest absolute Gasteiger partial charge is 0.325 e. The first-order valence-electron chi connectivity index (χ1n) is 10.00. The first kappa shape index (κ1) is 20.4. The van der Waals surface area contributed by atoms with E-state index in [4.69, 9.17) is 4.52 Å². The second-order valence-corrected chi connectivity index (χ2v) is 8.73. The molecular formula is C20H30N4O4. The molecule has 0 bridgehead atoms. The number of rotatable bonds is 6. The number of aryl methyl sites for hydroxylation is 1. The van der Waals surface area contributed by atoms with Crippen LogP contribution in [-0.2, 0) is 16.1 Å². The van der Waals surface area contributed by atoms with Gasteiger partial charge in [-0.1, -0.05) is 32.3 Å². The highest BCUT2D eigenvalue weighted by molar-refractivity contribution is 6.09. The molecule has 1 aromatic rings. The SMILES string of the molecule is CCC(C)(C)C1CCC2(CC1)NC(=O)N(CC(=O)NCc1cc(C)on1)C2=O. The molecule has 0 aromatic carbocycles. The maximum atomic E-state index is 13.0. The van der Waals surface area contributed by atoms with Crippen LogP contribution in [-0.4, -0.2) is 40.0 Å². The molecule has 0 radical (unpaired) electrons. The molecule has 8 heteroatoms. The van der Waals surface area contributed by atoms with E-state index in [1.807, 2.05) is 0 Å². The summed E-state index contributed by atoms with van der Waals surface area (Å²) in [6.07, 6.45) is 4.14. The lowest BCUT2D eigenvalue weighted by molar-refractivity contribution is -0.136. The number of nitrogens with zero attached hydrogens (tertiary/aromatic N) is 2. The Morgan fingerprint density at radius 1 is 1.39 bits per heavy atom. The highest BCUT2D eigenvalue weighted by Gasteiger charge is 2.53. The van der Waals surface area contributed by atoms with Gasteiger partial charge in [0.15, 0.2) is 0 Å². The highest BCUT2D eigenvalue weighted by atomic mass is 16.5. The number of hydrogen-bond acceptors (Lipinski definition) is 5. The van der Waals surface area contributed by atoms with Crippen LogP contribution in [0, 0.1) is 18.3 Å². The van der Waals surface area contributed by atoms with Crippen LogP contribution in [0.15, 0.2) is 10.6 Å². The average molecular weight is 390 g/mol. The summed E-state index contributed by atoms with van der Waals surface area (Å²) in [5.41, 5.74) is -0.0240. The van der Waals surface area contributed by atoms with Crippen LogP contribution >= 0.6 is 0 Å². The monoisotopic (exact) mass is 390 g/mol. The molecule has 1 aliphatic carbocycles. The van der Waals surface area contributed by atoms with Crippen molar-refractivity contribution in [2.75, 3.05) is 6.54 Å². The van der Waals surface area contributed by atoms with E-state index in [2.05, 4.69) is 36.6 Å². The van der Waals surface area contributed by atoms with Crippen molar-refractivity contribution >= 4 is 17.8 Å². The topological polar surface area (TPSA) is 105 Å². The van der Waals surface area contributed by atoms with Gasteiger partial charge in [-0.15, -0.1) is 0 Å². The molecule has 1 saturated carbocycles. The lowest BCUT2D eigenvalue weighted by Gasteiger charge is -2.42. The Morgan fingerprint density at radius 3 is 2.64 bits per heavy atom. The fourth-order valence-corrected chi connectivity index (χ4v) is 4.23. The third-order valence-electron chi connectivity index (χ3n) is 6.55. The summed E-state index contributed by atoms with van der Waals surface area (Å²) in [6.45, 7) is 8.39. The molecule has 8 nitrogen and oxygen atoms in total. The number of imide groups is 1. The Kier molecular flexibility index (Phi) is 5.50. The van der Waals surface area contributed by atoms with Crippen LogP contribution in [0.5, 0.6) is 0 Å². The van der Waals surface area contributed by atoms with E-state index in [1.54, 1.807) is 13.0 Å². The van der Waals surface area contributed by atoms with Gasteiger partial charge >= 0.3 is 6.03 Å². The summed E-state index contributed by atoms with van der Waals surface area (Å²) >= 11 is 0. The molecule has 0 unspecified atom stereocenters. The van der Waals surface area contributed by atoms with Gasteiger partial charge in [-0.2, -0.15) is 0 Å². The zero-order valence-electron chi connectivity index (χ0n) is 17.1. The van der Waals surface area contributed by atoms with Crippen molar-refractivity contribution in [3.05, 3.63) is 17.5 Å². The number of carbonyl (C=O) groups is 3. The molecule has 1 aliphatic heterocycles. The number of amides is 4. The predicted octanol–water partition coefficient (Wildman–Crippen LogP) is 2.52. The van der Waals surface area contributed by atoms with Crippen molar-refractivity contribution in [3.8, 4) is 0 Å². The van der Waals surface area contributed by atoms with E-state index in [1.165, 1.54) is 0 Å². The summed E-state index contributed by atoms with van der Waals surface area (Å²) < 4.78 is 4.95. The minimum atomic E-state index is -0.846. The number of carbonyl (C=O) groups excluding carboxylic acids is 3. The van der Waals surface area contributed by atoms with Crippen molar-refractivity contribution in [2.45, 2.75) is 71.9 Å². The van der Waals surface area contributed by atoms with Crippen molar-refractivity contribution in [1.82, 2.24) is 20.7 Å². The van der Waals surface area contributed by atoms with E-state index in [0.29, 0.717) is 30.2 Å². The van der Waals surface area contributed by atoms with Gasteiger partial charge < -0.3 is 15.2 Å². The summed E-state index contributed by atoms with van der Waals surface area (Å²) in [5, 5.41) is 9.34. The molecule has 2 N–H and O–H groups in total. The molecule has 0 atom stereocenters. The molecule has 1 saturated heterocycles. The third kappa shape index (κ3) is 3.91. The molecule has 4 amide bonds. The minimum absolute atomic E-state index is 0.193. The van der Waals surface area contributed by atoms with Crippen molar-refractivity contribution in [3.63, 3.8) is 0 Å². The fraction of sp³-hybridized carbons (Fsp3) is 0.700. The van der Waals surface area contributed by atoms with Crippen LogP contribution in [0.1, 0.15) is 64.3 Å². The Morgan fingerprint density at radius 2 is 2.07 bits per heavy atom. The van der Waals surface area contributed by atoms with Gasteiger partial charge in [-0.3, -0.25) is 14.5 Å². The molecule has 154 valence electrons. The summed E-state index contributed by atoms with van der Waals surface area (Å²) in [7, 11) is 0. The zero-order valence-corrected chi connectivity index (χ0v) is 17.1. The van der Waals surface area contributed by atoms with Crippen LogP contribution in [0.2, 0.25) is 0 Å². The van der Waals surface area contributed by atoms with Gasteiger partial charge in [0.25, 0.3) is 5.91 Å². The molecule has 1 aromatic heterocycles. The molecule has 2 heterocycles. The van der Waals surface area contributed by atoms with Crippen LogP contribution in [0.25, 0.3) is 0 Å². The second-order valence-electron chi connectivity index (χ2n) is 8.73. The first-order valence-corrected chi connectivity index (χ1v) is 10.00. The highest BCUT2D eigenvalue weighted by Crippen LogP contribution is 2.45. The van der Waals surface area contributed by atoms with E-state index >= 15 is 0 Å². The van der Waals surface area contributed by atoms with Crippen molar-refractivity contribution < 1.29 is 18.9 Å². The maximum absolute atomic E-state index is 13.0. The van der Waals surface area contributed by atoms with Crippen LogP contribution in [0.4, 0.5) is 4.79 Å². The third-order valence-corrected chi connectivity index (χ3v) is 6.55. The zero-order chi connectivity index (χ0) is 20.5. The normalized spacial score (nSPS) is 25.3. The van der Waals surface area contributed by atoms with Gasteiger partial charge in [0.05, 0.1) is 6.54 Å². The number of nitrogens with one attached hydrogen (secondary N) is 2. The van der Waals surface area contributed by atoms with Gasteiger partial charge in [0, 0.05) is 6.07 Å². The molecule has 3 rings (SSSR count). The fourth-order valence-electron chi connectivity index (χ4n) is 4.23. The van der Waals surface area contributed by atoms with E-state index in [0.717, 1.165) is 24.2 Å². The van der Waals surface area contributed by atoms with Gasteiger partial charge in [0.1, 0.15) is 23.5 Å². The molecule has 28 heavy (non-hydrogen) atoms. The van der Waals surface area contributed by atoms with Crippen molar-refractivity contribution in [1.29, 1.82) is 0 Å². The van der Waals surface area contributed by atoms with Gasteiger partial charge in [-0.05, 0) is 43.9 Å².